The molecule has 1 aliphatic heterocycles. The number of hydrogen-bond acceptors (Lipinski definition) is 6. The summed E-state index contributed by atoms with van der Waals surface area (Å²) in [6, 6.07) is 8.51. The summed E-state index contributed by atoms with van der Waals surface area (Å²) < 4.78 is 1.28. The van der Waals surface area contributed by atoms with E-state index < -0.39 is 0 Å². The predicted molar refractivity (Wildman–Crippen MR) is 86.7 cm³/mol. The smallest absolute Gasteiger partial charge is 0.241 e. The van der Waals surface area contributed by atoms with E-state index in [0.29, 0.717) is 12.5 Å². The molecule has 2 aromatic rings. The fourth-order valence-corrected chi connectivity index (χ4v) is 2.83. The second-order valence-corrected chi connectivity index (χ2v) is 5.94. The molecule has 8 heteroatoms. The SMILES string of the molecule is Cc1cccc(N2CCC(CNC(=O)Cn3nnnc3N)C2)c1. The van der Waals surface area contributed by atoms with Gasteiger partial charge in [-0.15, -0.1) is 0 Å². The van der Waals surface area contributed by atoms with Gasteiger partial charge in [0.1, 0.15) is 6.54 Å². The number of nitrogens with one attached hydrogen (secondary N) is 1. The van der Waals surface area contributed by atoms with Crippen LogP contribution in [0.2, 0.25) is 0 Å². The van der Waals surface area contributed by atoms with Crippen LogP contribution in [0.25, 0.3) is 0 Å². The van der Waals surface area contributed by atoms with Crippen molar-refractivity contribution in [3.8, 4) is 0 Å². The quantitative estimate of drug-likeness (QED) is 0.817. The number of benzene rings is 1. The number of anilines is 2. The van der Waals surface area contributed by atoms with Crippen molar-refractivity contribution in [2.75, 3.05) is 30.3 Å². The van der Waals surface area contributed by atoms with Gasteiger partial charge in [-0.3, -0.25) is 4.79 Å². The molecule has 23 heavy (non-hydrogen) atoms. The second kappa shape index (κ2) is 6.64. The number of aromatic nitrogens is 4. The number of tetrazole rings is 1. The second-order valence-electron chi connectivity index (χ2n) is 5.94. The van der Waals surface area contributed by atoms with Crippen molar-refractivity contribution in [1.82, 2.24) is 25.5 Å². The molecule has 0 saturated carbocycles. The minimum Gasteiger partial charge on any atom is -0.371 e. The molecule has 3 N–H and O–H groups in total. The van der Waals surface area contributed by atoms with E-state index in [-0.39, 0.29) is 18.4 Å². The molecular formula is C15H21N7O. The Hall–Kier alpha value is -2.64. The highest BCUT2D eigenvalue weighted by Gasteiger charge is 2.23. The Labute approximate surface area is 134 Å². The molecule has 1 aliphatic rings. The zero-order chi connectivity index (χ0) is 16.2. The Kier molecular flexibility index (Phi) is 4.40. The van der Waals surface area contributed by atoms with E-state index in [1.165, 1.54) is 15.9 Å². The van der Waals surface area contributed by atoms with Crippen molar-refractivity contribution in [1.29, 1.82) is 0 Å². The van der Waals surface area contributed by atoms with Crippen molar-refractivity contribution in [3.63, 3.8) is 0 Å². The van der Waals surface area contributed by atoms with E-state index in [4.69, 9.17) is 5.73 Å². The minimum atomic E-state index is -0.127. The highest BCUT2D eigenvalue weighted by atomic mass is 16.2. The van der Waals surface area contributed by atoms with E-state index in [1.54, 1.807) is 0 Å². The number of carbonyl (C=O) groups excluding carboxylic acids is 1. The Morgan fingerprint density at radius 1 is 1.48 bits per heavy atom. The third-order valence-electron chi connectivity index (χ3n) is 4.09. The third-order valence-corrected chi connectivity index (χ3v) is 4.09. The molecule has 1 saturated heterocycles. The van der Waals surface area contributed by atoms with E-state index >= 15 is 0 Å². The molecular weight excluding hydrogens is 294 g/mol. The normalized spacial score (nSPS) is 17.4. The summed E-state index contributed by atoms with van der Waals surface area (Å²) in [6.45, 7) is 4.78. The first-order chi connectivity index (χ1) is 11.1. The fourth-order valence-electron chi connectivity index (χ4n) is 2.83. The molecule has 0 bridgehead atoms. The first kappa shape index (κ1) is 15.3. The molecule has 0 radical (unpaired) electrons. The summed E-state index contributed by atoms with van der Waals surface area (Å²) >= 11 is 0. The number of nitrogens with two attached hydrogens (primary N) is 1. The van der Waals surface area contributed by atoms with Crippen molar-refractivity contribution >= 4 is 17.5 Å². The molecule has 1 aromatic heterocycles. The molecule has 1 amide bonds. The number of nitrogens with zero attached hydrogens (tertiary/aromatic N) is 5. The average molecular weight is 315 g/mol. The van der Waals surface area contributed by atoms with Crippen LogP contribution in [0, 0.1) is 12.8 Å². The number of aryl methyl sites for hydroxylation is 1. The predicted octanol–water partition coefficient (Wildman–Crippen LogP) is 0.206. The molecule has 1 unspecified atom stereocenters. The maximum Gasteiger partial charge on any atom is 0.241 e. The number of amides is 1. The number of rotatable bonds is 5. The van der Waals surface area contributed by atoms with Crippen LogP contribution in [0.1, 0.15) is 12.0 Å². The van der Waals surface area contributed by atoms with Crippen LogP contribution < -0.4 is 16.0 Å². The van der Waals surface area contributed by atoms with E-state index in [0.717, 1.165) is 19.5 Å². The van der Waals surface area contributed by atoms with Crippen LogP contribution in [0.4, 0.5) is 11.6 Å². The largest absolute Gasteiger partial charge is 0.371 e. The van der Waals surface area contributed by atoms with Crippen molar-refractivity contribution < 1.29 is 4.79 Å². The number of carbonyl (C=O) groups is 1. The molecule has 2 heterocycles. The molecule has 0 spiro atoms. The minimum absolute atomic E-state index is 0.0488. The maximum absolute atomic E-state index is 11.9. The lowest BCUT2D eigenvalue weighted by Crippen LogP contribution is -2.33. The van der Waals surface area contributed by atoms with Crippen LogP contribution in [0.5, 0.6) is 0 Å². The van der Waals surface area contributed by atoms with E-state index in [9.17, 15) is 4.79 Å². The molecule has 8 nitrogen and oxygen atoms in total. The van der Waals surface area contributed by atoms with Crippen LogP contribution in [0.15, 0.2) is 24.3 Å². The van der Waals surface area contributed by atoms with Crippen LogP contribution in [0.3, 0.4) is 0 Å². The number of hydrogen-bond donors (Lipinski definition) is 2. The van der Waals surface area contributed by atoms with Gasteiger partial charge >= 0.3 is 0 Å². The lowest BCUT2D eigenvalue weighted by molar-refractivity contribution is -0.122. The Morgan fingerprint density at radius 2 is 2.35 bits per heavy atom. The molecule has 122 valence electrons. The van der Waals surface area contributed by atoms with Crippen molar-refractivity contribution in [2.45, 2.75) is 19.9 Å². The zero-order valence-electron chi connectivity index (χ0n) is 13.1. The van der Waals surface area contributed by atoms with Gasteiger partial charge in [-0.25, -0.2) is 4.68 Å². The number of nitrogen functional groups attached to an aromatic ring is 1. The van der Waals surface area contributed by atoms with Gasteiger partial charge in [-0.2, -0.15) is 0 Å². The van der Waals surface area contributed by atoms with Crippen molar-refractivity contribution in [3.05, 3.63) is 29.8 Å². The Morgan fingerprint density at radius 3 is 3.09 bits per heavy atom. The van der Waals surface area contributed by atoms with Gasteiger partial charge in [0.05, 0.1) is 0 Å². The monoisotopic (exact) mass is 315 g/mol. The van der Waals surface area contributed by atoms with Gasteiger partial charge < -0.3 is 16.0 Å². The Balaban J connectivity index is 1.47. The summed E-state index contributed by atoms with van der Waals surface area (Å²) in [6.07, 6.45) is 1.07. The summed E-state index contributed by atoms with van der Waals surface area (Å²) in [5.41, 5.74) is 8.05. The van der Waals surface area contributed by atoms with Crippen molar-refractivity contribution in [2.24, 2.45) is 5.92 Å². The van der Waals surface area contributed by atoms with Gasteiger partial charge in [0, 0.05) is 25.3 Å². The van der Waals surface area contributed by atoms with Gasteiger partial charge in [0.2, 0.25) is 11.9 Å². The third kappa shape index (κ3) is 3.77. The van der Waals surface area contributed by atoms with E-state index in [1.807, 2.05) is 0 Å². The average Bonchev–Trinajstić information content (AvgIpc) is 3.15. The highest BCUT2D eigenvalue weighted by molar-refractivity contribution is 5.75. The summed E-state index contributed by atoms with van der Waals surface area (Å²) in [5.74, 6) is 0.468. The summed E-state index contributed by atoms with van der Waals surface area (Å²) in [5, 5.41) is 13.6. The first-order valence-corrected chi connectivity index (χ1v) is 7.72. The Bertz CT molecular complexity index is 684. The molecule has 1 fully saturated rings. The highest BCUT2D eigenvalue weighted by Crippen LogP contribution is 2.24. The van der Waals surface area contributed by atoms with Gasteiger partial charge in [-0.05, 0) is 47.4 Å². The van der Waals surface area contributed by atoms with Crippen LogP contribution in [-0.2, 0) is 11.3 Å². The lowest BCUT2D eigenvalue weighted by Gasteiger charge is -2.19. The molecule has 3 rings (SSSR count). The first-order valence-electron chi connectivity index (χ1n) is 7.72. The molecule has 1 aromatic carbocycles. The zero-order valence-corrected chi connectivity index (χ0v) is 13.1. The lowest BCUT2D eigenvalue weighted by atomic mass is 10.1. The summed E-state index contributed by atoms with van der Waals surface area (Å²) in [7, 11) is 0. The fraction of sp³-hybridized carbons (Fsp3) is 0.467. The summed E-state index contributed by atoms with van der Waals surface area (Å²) in [4.78, 5) is 14.3. The van der Waals surface area contributed by atoms with Crippen LogP contribution >= 0.6 is 0 Å². The molecule has 1 atom stereocenters. The standard InChI is InChI=1S/C15H21N7O/c1-11-3-2-4-13(7-11)21-6-5-12(9-21)8-17-14(23)10-22-15(16)18-19-20-22/h2-4,7,12H,5-6,8-10H2,1H3,(H,17,23)(H2,16,18,20). The molecule has 0 aliphatic carbocycles. The van der Waals surface area contributed by atoms with Crippen LogP contribution in [-0.4, -0.2) is 45.7 Å². The van der Waals surface area contributed by atoms with Gasteiger partial charge in [-0.1, -0.05) is 17.2 Å². The topological polar surface area (TPSA) is 102 Å². The maximum atomic E-state index is 11.9. The van der Waals surface area contributed by atoms with Gasteiger partial charge in [0.25, 0.3) is 0 Å². The van der Waals surface area contributed by atoms with Gasteiger partial charge in [0.15, 0.2) is 0 Å². The van der Waals surface area contributed by atoms with E-state index in [2.05, 4.69) is 56.9 Å².